The molecule has 2 N–H and O–H groups in total. The van der Waals surface area contributed by atoms with Gasteiger partial charge in [-0.05, 0) is 32.9 Å². The van der Waals surface area contributed by atoms with Crippen LogP contribution < -0.4 is 15.5 Å². The topological polar surface area (TPSA) is 66.0 Å². The Morgan fingerprint density at radius 3 is 2.38 bits per heavy atom. The smallest absolute Gasteiger partial charge is 0.231 e. The lowest BCUT2D eigenvalue weighted by molar-refractivity contribution is 0.813. The Hall–Kier alpha value is -1.89. The normalized spacial score (nSPS) is 10.5. The van der Waals surface area contributed by atoms with Gasteiger partial charge in [-0.3, -0.25) is 0 Å². The molecule has 0 aliphatic rings. The first kappa shape index (κ1) is 15.5. The van der Waals surface area contributed by atoms with Gasteiger partial charge >= 0.3 is 0 Å². The Balaban J connectivity index is 2.16. The Morgan fingerprint density at radius 2 is 1.81 bits per heavy atom. The molecule has 0 saturated heterocycles. The molecular formula is C14H22N6S. The molecule has 2 aromatic heterocycles. The zero-order chi connectivity index (χ0) is 15.2. The molecule has 114 valence electrons. The molecule has 0 aliphatic carbocycles. The first-order valence-corrected chi connectivity index (χ1v) is 7.95. The molecular weight excluding hydrogens is 284 g/mol. The second kappa shape index (κ2) is 7.21. The van der Waals surface area contributed by atoms with Crippen LogP contribution in [0, 0.1) is 6.92 Å². The Kier molecular flexibility index (Phi) is 5.32. The molecule has 0 unspecified atom stereocenters. The van der Waals surface area contributed by atoms with Crippen molar-refractivity contribution < 1.29 is 0 Å². The summed E-state index contributed by atoms with van der Waals surface area (Å²) in [5.41, 5.74) is 0. The van der Waals surface area contributed by atoms with Crippen molar-refractivity contribution in [3.63, 3.8) is 0 Å². The summed E-state index contributed by atoms with van der Waals surface area (Å²) < 4.78 is 0. The molecule has 0 fully saturated rings. The Morgan fingerprint density at radius 1 is 1.10 bits per heavy atom. The number of aryl methyl sites for hydroxylation is 1. The highest BCUT2D eigenvalue weighted by atomic mass is 32.1. The minimum atomic E-state index is 0.580. The van der Waals surface area contributed by atoms with E-state index in [2.05, 4.69) is 63.4 Å². The van der Waals surface area contributed by atoms with Crippen LogP contribution in [0.25, 0.3) is 0 Å². The molecule has 2 rings (SSSR count). The number of rotatable bonds is 7. The fourth-order valence-electron chi connectivity index (χ4n) is 1.95. The Labute approximate surface area is 129 Å². The lowest BCUT2D eigenvalue weighted by Crippen LogP contribution is -2.25. The average molecular weight is 306 g/mol. The SMILES string of the molecule is CCN(CC)c1nc(NC)nc(NCc2ccc(C)s2)n1. The first-order chi connectivity index (χ1) is 10.2. The van der Waals surface area contributed by atoms with Crippen LogP contribution in [0.1, 0.15) is 23.6 Å². The largest absolute Gasteiger partial charge is 0.357 e. The highest BCUT2D eigenvalue weighted by Crippen LogP contribution is 2.17. The van der Waals surface area contributed by atoms with Crippen LogP contribution in [-0.2, 0) is 6.54 Å². The highest BCUT2D eigenvalue weighted by Gasteiger charge is 2.10. The van der Waals surface area contributed by atoms with E-state index in [1.54, 1.807) is 11.3 Å². The Bertz CT molecular complexity index is 579. The summed E-state index contributed by atoms with van der Waals surface area (Å²) in [6.45, 7) is 8.75. The summed E-state index contributed by atoms with van der Waals surface area (Å²) in [5, 5.41) is 6.26. The van der Waals surface area contributed by atoms with Gasteiger partial charge in [0.25, 0.3) is 0 Å². The summed E-state index contributed by atoms with van der Waals surface area (Å²) in [4.78, 5) is 17.9. The van der Waals surface area contributed by atoms with Gasteiger partial charge in [0.15, 0.2) is 0 Å². The number of anilines is 3. The zero-order valence-corrected chi connectivity index (χ0v) is 13.8. The van der Waals surface area contributed by atoms with Crippen LogP contribution in [0.2, 0.25) is 0 Å². The molecule has 0 radical (unpaired) electrons. The number of nitrogens with zero attached hydrogens (tertiary/aromatic N) is 4. The van der Waals surface area contributed by atoms with E-state index in [0.717, 1.165) is 19.6 Å². The van der Waals surface area contributed by atoms with Crippen molar-refractivity contribution in [1.82, 2.24) is 15.0 Å². The molecule has 6 nitrogen and oxygen atoms in total. The number of hydrogen-bond acceptors (Lipinski definition) is 7. The van der Waals surface area contributed by atoms with Crippen molar-refractivity contribution in [2.75, 3.05) is 35.7 Å². The summed E-state index contributed by atoms with van der Waals surface area (Å²) in [5.74, 6) is 1.88. The molecule has 2 aromatic rings. The maximum atomic E-state index is 4.50. The lowest BCUT2D eigenvalue weighted by atomic mass is 10.4. The fourth-order valence-corrected chi connectivity index (χ4v) is 2.78. The minimum Gasteiger partial charge on any atom is -0.357 e. The van der Waals surface area contributed by atoms with Crippen LogP contribution in [0.5, 0.6) is 0 Å². The van der Waals surface area contributed by atoms with Crippen LogP contribution in [0.4, 0.5) is 17.8 Å². The highest BCUT2D eigenvalue weighted by molar-refractivity contribution is 7.11. The van der Waals surface area contributed by atoms with Crippen molar-refractivity contribution in [1.29, 1.82) is 0 Å². The van der Waals surface area contributed by atoms with Gasteiger partial charge in [0, 0.05) is 29.9 Å². The van der Waals surface area contributed by atoms with Gasteiger partial charge in [0.05, 0.1) is 6.54 Å². The van der Waals surface area contributed by atoms with Crippen LogP contribution in [0.15, 0.2) is 12.1 Å². The van der Waals surface area contributed by atoms with Gasteiger partial charge in [-0.2, -0.15) is 15.0 Å². The average Bonchev–Trinajstić information content (AvgIpc) is 2.92. The van der Waals surface area contributed by atoms with Gasteiger partial charge in [0.2, 0.25) is 17.8 Å². The van der Waals surface area contributed by atoms with E-state index >= 15 is 0 Å². The molecule has 0 aromatic carbocycles. The van der Waals surface area contributed by atoms with Gasteiger partial charge in [-0.1, -0.05) is 0 Å². The monoisotopic (exact) mass is 306 g/mol. The third kappa shape index (κ3) is 4.04. The molecule has 7 heteroatoms. The van der Waals surface area contributed by atoms with Gasteiger partial charge in [0.1, 0.15) is 0 Å². The number of aromatic nitrogens is 3. The zero-order valence-electron chi connectivity index (χ0n) is 13.0. The van der Waals surface area contributed by atoms with Crippen molar-refractivity contribution >= 4 is 29.2 Å². The van der Waals surface area contributed by atoms with Gasteiger partial charge in [-0.25, -0.2) is 0 Å². The van der Waals surface area contributed by atoms with E-state index in [9.17, 15) is 0 Å². The van der Waals surface area contributed by atoms with E-state index in [1.165, 1.54) is 9.75 Å². The predicted molar refractivity (Wildman–Crippen MR) is 89.3 cm³/mol. The van der Waals surface area contributed by atoms with Crippen LogP contribution in [0.3, 0.4) is 0 Å². The maximum absolute atomic E-state index is 4.50. The van der Waals surface area contributed by atoms with E-state index in [4.69, 9.17) is 0 Å². The molecule has 0 aliphatic heterocycles. The van der Waals surface area contributed by atoms with E-state index in [-0.39, 0.29) is 0 Å². The second-order valence-electron chi connectivity index (χ2n) is 4.57. The summed E-state index contributed by atoms with van der Waals surface area (Å²) in [7, 11) is 1.81. The fraction of sp³-hybridized carbons (Fsp3) is 0.500. The number of hydrogen-bond donors (Lipinski definition) is 2. The molecule has 21 heavy (non-hydrogen) atoms. The van der Waals surface area contributed by atoms with Crippen molar-refractivity contribution in [2.24, 2.45) is 0 Å². The van der Waals surface area contributed by atoms with E-state index in [1.807, 2.05) is 7.05 Å². The number of thiophene rings is 1. The molecule has 0 spiro atoms. The molecule has 0 amide bonds. The van der Waals surface area contributed by atoms with Gasteiger partial charge in [-0.15, -0.1) is 11.3 Å². The van der Waals surface area contributed by atoms with Gasteiger partial charge < -0.3 is 15.5 Å². The number of nitrogens with one attached hydrogen (secondary N) is 2. The standard InChI is InChI=1S/C14H22N6S/c1-5-20(6-2)14-18-12(15-4)17-13(19-14)16-9-11-8-7-10(3)21-11/h7-8H,5-6,9H2,1-4H3,(H2,15,16,17,18,19). The van der Waals surface area contributed by atoms with Crippen LogP contribution in [-0.4, -0.2) is 35.1 Å². The third-order valence-corrected chi connectivity index (χ3v) is 4.11. The predicted octanol–water partition coefficient (Wildman–Crippen LogP) is 2.74. The molecule has 0 atom stereocenters. The lowest BCUT2D eigenvalue weighted by Gasteiger charge is -2.19. The summed E-state index contributed by atoms with van der Waals surface area (Å²) in [6, 6.07) is 4.24. The van der Waals surface area contributed by atoms with Crippen LogP contribution >= 0.6 is 11.3 Å². The molecule has 0 saturated carbocycles. The quantitative estimate of drug-likeness (QED) is 0.820. The molecule has 0 bridgehead atoms. The summed E-state index contributed by atoms with van der Waals surface area (Å²) >= 11 is 1.78. The van der Waals surface area contributed by atoms with E-state index < -0.39 is 0 Å². The molecule has 2 heterocycles. The van der Waals surface area contributed by atoms with Crippen molar-refractivity contribution in [3.8, 4) is 0 Å². The third-order valence-electron chi connectivity index (χ3n) is 3.11. The first-order valence-electron chi connectivity index (χ1n) is 7.14. The van der Waals surface area contributed by atoms with Crippen molar-refractivity contribution in [2.45, 2.75) is 27.3 Å². The minimum absolute atomic E-state index is 0.580. The van der Waals surface area contributed by atoms with Crippen molar-refractivity contribution in [3.05, 3.63) is 21.9 Å². The maximum Gasteiger partial charge on any atom is 0.231 e. The van der Waals surface area contributed by atoms with E-state index in [0.29, 0.717) is 17.8 Å². The summed E-state index contributed by atoms with van der Waals surface area (Å²) in [6.07, 6.45) is 0. The second-order valence-corrected chi connectivity index (χ2v) is 5.94.